The van der Waals surface area contributed by atoms with Crippen LogP contribution in [-0.2, 0) is 0 Å². The molecule has 0 aromatic carbocycles. The van der Waals surface area contributed by atoms with Gasteiger partial charge in [-0.15, -0.1) is 0 Å². The summed E-state index contributed by atoms with van der Waals surface area (Å²) in [5.74, 6) is 0.964. The number of hydrogen-bond donors (Lipinski definition) is 2. The fourth-order valence-electron chi connectivity index (χ4n) is 1.78. The maximum Gasteiger partial charge on any atom is 0.00990 e. The van der Waals surface area contributed by atoms with Crippen LogP contribution in [-0.4, -0.2) is 18.1 Å². The van der Waals surface area contributed by atoms with Gasteiger partial charge in [0.15, 0.2) is 0 Å². The van der Waals surface area contributed by atoms with E-state index >= 15 is 0 Å². The van der Waals surface area contributed by atoms with E-state index in [0.717, 1.165) is 24.9 Å². The van der Waals surface area contributed by atoms with Crippen LogP contribution in [0.5, 0.6) is 0 Å². The fourth-order valence-corrected chi connectivity index (χ4v) is 1.78. The van der Waals surface area contributed by atoms with Crippen LogP contribution in [0, 0.1) is 5.92 Å². The second kappa shape index (κ2) is 4.43. The van der Waals surface area contributed by atoms with E-state index in [0.29, 0.717) is 0 Å². The normalized spacial score (nSPS) is 27.7. The summed E-state index contributed by atoms with van der Waals surface area (Å²) < 4.78 is 0. The fraction of sp³-hybridized carbons (Fsp3) is 1.00. The number of rotatable bonds is 6. The lowest BCUT2D eigenvalue weighted by Gasteiger charge is -2.17. The Morgan fingerprint density at radius 1 is 1.46 bits per heavy atom. The summed E-state index contributed by atoms with van der Waals surface area (Å²) >= 11 is 0. The summed E-state index contributed by atoms with van der Waals surface area (Å²) in [5, 5.41) is 3.57. The maximum absolute atomic E-state index is 5.89. The smallest absolute Gasteiger partial charge is 0.00990 e. The minimum absolute atomic E-state index is 0.00931. The Morgan fingerprint density at radius 2 is 2.15 bits per heavy atom. The summed E-state index contributed by atoms with van der Waals surface area (Å²) in [6.45, 7) is 7.61. The van der Waals surface area contributed by atoms with Crippen LogP contribution in [0.25, 0.3) is 0 Å². The van der Waals surface area contributed by atoms with Crippen molar-refractivity contribution in [3.8, 4) is 0 Å². The maximum atomic E-state index is 5.89. The molecule has 1 aliphatic rings. The SMILES string of the molecule is CCC1CC1NCCCC(C)(C)N. The molecular formula is C11H24N2. The summed E-state index contributed by atoms with van der Waals surface area (Å²) in [5.41, 5.74) is 5.90. The van der Waals surface area contributed by atoms with Crippen LogP contribution in [0.15, 0.2) is 0 Å². The third-order valence-electron chi connectivity index (χ3n) is 2.85. The molecule has 0 aliphatic heterocycles. The highest BCUT2D eigenvalue weighted by Gasteiger charge is 2.34. The minimum Gasteiger partial charge on any atom is -0.326 e. The molecule has 1 rings (SSSR count). The molecule has 0 bridgehead atoms. The molecule has 1 saturated carbocycles. The van der Waals surface area contributed by atoms with Gasteiger partial charge in [-0.25, -0.2) is 0 Å². The van der Waals surface area contributed by atoms with E-state index < -0.39 is 0 Å². The van der Waals surface area contributed by atoms with Gasteiger partial charge in [0, 0.05) is 11.6 Å². The lowest BCUT2D eigenvalue weighted by molar-refractivity contribution is 0.445. The van der Waals surface area contributed by atoms with Crippen LogP contribution in [0.3, 0.4) is 0 Å². The van der Waals surface area contributed by atoms with Gasteiger partial charge >= 0.3 is 0 Å². The van der Waals surface area contributed by atoms with Gasteiger partial charge in [0.05, 0.1) is 0 Å². The van der Waals surface area contributed by atoms with Gasteiger partial charge in [-0.2, -0.15) is 0 Å². The molecule has 0 aromatic rings. The average Bonchev–Trinajstić information content (AvgIpc) is 2.75. The molecule has 2 nitrogen and oxygen atoms in total. The molecule has 3 N–H and O–H groups in total. The van der Waals surface area contributed by atoms with Gasteiger partial charge in [-0.05, 0) is 45.6 Å². The van der Waals surface area contributed by atoms with Crippen molar-refractivity contribution in [3.05, 3.63) is 0 Å². The molecule has 0 spiro atoms. The van der Waals surface area contributed by atoms with Crippen molar-refractivity contribution in [2.45, 2.75) is 58.0 Å². The van der Waals surface area contributed by atoms with E-state index in [2.05, 4.69) is 26.1 Å². The van der Waals surface area contributed by atoms with Crippen LogP contribution in [0.4, 0.5) is 0 Å². The Kier molecular flexibility index (Phi) is 3.74. The van der Waals surface area contributed by atoms with Gasteiger partial charge in [0.1, 0.15) is 0 Å². The van der Waals surface area contributed by atoms with Crippen LogP contribution < -0.4 is 11.1 Å². The van der Waals surface area contributed by atoms with E-state index in [4.69, 9.17) is 5.73 Å². The van der Waals surface area contributed by atoms with E-state index in [1.807, 2.05) is 0 Å². The van der Waals surface area contributed by atoms with E-state index in [1.165, 1.54) is 19.3 Å². The zero-order valence-electron chi connectivity index (χ0n) is 9.27. The van der Waals surface area contributed by atoms with Gasteiger partial charge in [0.25, 0.3) is 0 Å². The first-order valence-corrected chi connectivity index (χ1v) is 5.55. The third kappa shape index (κ3) is 4.63. The Labute approximate surface area is 82.3 Å². The molecule has 13 heavy (non-hydrogen) atoms. The molecular weight excluding hydrogens is 160 g/mol. The van der Waals surface area contributed by atoms with Crippen molar-refractivity contribution in [2.75, 3.05) is 6.54 Å². The average molecular weight is 184 g/mol. The molecule has 0 aromatic heterocycles. The first-order chi connectivity index (χ1) is 6.03. The first-order valence-electron chi connectivity index (χ1n) is 5.55. The molecule has 1 aliphatic carbocycles. The van der Waals surface area contributed by atoms with Crippen LogP contribution in [0.2, 0.25) is 0 Å². The summed E-state index contributed by atoms with van der Waals surface area (Å²) in [6.07, 6.45) is 5.04. The van der Waals surface area contributed by atoms with E-state index in [1.54, 1.807) is 0 Å². The molecule has 2 unspecified atom stereocenters. The molecule has 0 heterocycles. The highest BCUT2D eigenvalue weighted by Crippen LogP contribution is 2.32. The number of hydrogen-bond acceptors (Lipinski definition) is 2. The molecule has 0 radical (unpaired) electrons. The van der Waals surface area contributed by atoms with Crippen molar-refractivity contribution in [2.24, 2.45) is 11.7 Å². The summed E-state index contributed by atoms with van der Waals surface area (Å²) in [7, 11) is 0. The van der Waals surface area contributed by atoms with Gasteiger partial charge in [0.2, 0.25) is 0 Å². The zero-order chi connectivity index (χ0) is 9.90. The standard InChI is InChI=1S/C11H24N2/c1-4-9-8-10(9)13-7-5-6-11(2,3)12/h9-10,13H,4-8,12H2,1-3H3. The topological polar surface area (TPSA) is 38.0 Å². The minimum atomic E-state index is 0.00931. The number of nitrogens with one attached hydrogen (secondary N) is 1. The lowest BCUT2D eigenvalue weighted by atomic mass is 10.0. The second-order valence-corrected chi connectivity index (χ2v) is 5.06. The van der Waals surface area contributed by atoms with E-state index in [-0.39, 0.29) is 5.54 Å². The highest BCUT2D eigenvalue weighted by atomic mass is 15.0. The van der Waals surface area contributed by atoms with E-state index in [9.17, 15) is 0 Å². The number of nitrogens with two attached hydrogens (primary N) is 1. The Bertz CT molecular complexity index is 149. The second-order valence-electron chi connectivity index (χ2n) is 5.06. The van der Waals surface area contributed by atoms with Crippen molar-refractivity contribution >= 4 is 0 Å². The first kappa shape index (κ1) is 11.0. The quantitative estimate of drug-likeness (QED) is 0.619. The molecule has 2 heteroatoms. The molecule has 1 fully saturated rings. The summed E-state index contributed by atoms with van der Waals surface area (Å²) in [4.78, 5) is 0. The van der Waals surface area contributed by atoms with Gasteiger partial charge in [-0.3, -0.25) is 0 Å². The zero-order valence-corrected chi connectivity index (χ0v) is 9.27. The molecule has 0 saturated heterocycles. The molecule has 2 atom stereocenters. The Balaban J connectivity index is 1.91. The highest BCUT2D eigenvalue weighted by molar-refractivity contribution is 4.91. The van der Waals surface area contributed by atoms with Gasteiger partial charge in [-0.1, -0.05) is 13.3 Å². The summed E-state index contributed by atoms with van der Waals surface area (Å²) in [6, 6.07) is 0.825. The largest absolute Gasteiger partial charge is 0.326 e. The van der Waals surface area contributed by atoms with Crippen molar-refractivity contribution < 1.29 is 0 Å². The van der Waals surface area contributed by atoms with Crippen molar-refractivity contribution in [1.29, 1.82) is 0 Å². The Hall–Kier alpha value is -0.0800. The van der Waals surface area contributed by atoms with Gasteiger partial charge < -0.3 is 11.1 Å². The van der Waals surface area contributed by atoms with Crippen LogP contribution >= 0.6 is 0 Å². The molecule has 0 amide bonds. The molecule has 78 valence electrons. The van der Waals surface area contributed by atoms with Crippen LogP contribution in [0.1, 0.15) is 46.5 Å². The monoisotopic (exact) mass is 184 g/mol. The Morgan fingerprint density at radius 3 is 2.62 bits per heavy atom. The lowest BCUT2D eigenvalue weighted by Crippen LogP contribution is -2.33. The third-order valence-corrected chi connectivity index (χ3v) is 2.85. The predicted molar refractivity (Wildman–Crippen MR) is 57.7 cm³/mol. The van der Waals surface area contributed by atoms with Crippen molar-refractivity contribution in [3.63, 3.8) is 0 Å². The van der Waals surface area contributed by atoms with Crippen molar-refractivity contribution in [1.82, 2.24) is 5.32 Å². The predicted octanol–water partition coefficient (Wildman–Crippen LogP) is 1.89.